The van der Waals surface area contributed by atoms with Crippen molar-refractivity contribution in [3.8, 4) is 17.6 Å². The number of piperidine rings is 1. The molecular weight excluding hydrogens is 598 g/mol. The highest BCUT2D eigenvalue weighted by molar-refractivity contribution is 6.31. The average molecular weight is 630 g/mol. The van der Waals surface area contributed by atoms with Crippen LogP contribution in [0.1, 0.15) is 57.6 Å². The number of aromatic nitrogens is 1. The van der Waals surface area contributed by atoms with Crippen molar-refractivity contribution in [3.63, 3.8) is 0 Å². The molecule has 2 aliphatic rings. The third-order valence-corrected chi connectivity index (χ3v) is 7.94. The number of aliphatic hydroxyl groups excluding tert-OH is 2. The second-order valence-electron chi connectivity index (χ2n) is 10.6. The van der Waals surface area contributed by atoms with Crippen molar-refractivity contribution < 1.29 is 29.6 Å². The number of nitrogens with zero attached hydrogens (tertiary/aromatic N) is 3. The van der Waals surface area contributed by atoms with Gasteiger partial charge >= 0.3 is 6.09 Å². The number of likely N-dealkylation sites (tertiary alicyclic amines) is 1. The van der Waals surface area contributed by atoms with Gasteiger partial charge in [0.15, 0.2) is 11.5 Å². The van der Waals surface area contributed by atoms with Crippen LogP contribution in [0.3, 0.4) is 0 Å². The van der Waals surface area contributed by atoms with Crippen LogP contribution in [0, 0.1) is 11.8 Å². The van der Waals surface area contributed by atoms with Crippen LogP contribution in [0.5, 0.6) is 5.75 Å². The molecule has 5 rings (SSSR count). The van der Waals surface area contributed by atoms with Gasteiger partial charge in [-0.3, -0.25) is 14.7 Å². The summed E-state index contributed by atoms with van der Waals surface area (Å²) in [6.45, 7) is 2.50. The van der Waals surface area contributed by atoms with Gasteiger partial charge in [0.1, 0.15) is 12.4 Å². The van der Waals surface area contributed by atoms with E-state index in [1.165, 1.54) is 0 Å². The number of benzene rings is 2. The van der Waals surface area contributed by atoms with Gasteiger partial charge in [-0.1, -0.05) is 35.1 Å². The van der Waals surface area contributed by atoms with Gasteiger partial charge in [-0.2, -0.15) is 0 Å². The van der Waals surface area contributed by atoms with Gasteiger partial charge < -0.3 is 25.8 Å². The topological polar surface area (TPSA) is 175 Å². The molecule has 45 heavy (non-hydrogen) atoms. The first kappa shape index (κ1) is 31.4. The number of pyridine rings is 1. The first-order valence-electron chi connectivity index (χ1n) is 14.3. The van der Waals surface area contributed by atoms with Crippen LogP contribution in [0.15, 0.2) is 60.3 Å². The lowest BCUT2D eigenvalue weighted by Crippen LogP contribution is -2.36. The number of ether oxygens (including phenoxy) is 1. The number of fused-ring (bicyclic) bond motifs is 2. The Morgan fingerprint density at radius 3 is 2.53 bits per heavy atom. The van der Waals surface area contributed by atoms with Gasteiger partial charge in [0, 0.05) is 59.5 Å². The lowest BCUT2D eigenvalue weighted by Gasteiger charge is -2.30. The van der Waals surface area contributed by atoms with Crippen LogP contribution in [-0.2, 0) is 0 Å². The molecule has 2 amide bonds. The Morgan fingerprint density at radius 1 is 1.04 bits per heavy atom. The Hall–Kier alpha value is -5.02. The molecule has 12 heteroatoms. The van der Waals surface area contributed by atoms with Gasteiger partial charge in [0.25, 0.3) is 5.91 Å². The molecular formula is C33H32ClN5O6. The van der Waals surface area contributed by atoms with E-state index in [9.17, 15) is 19.8 Å². The molecule has 0 spiro atoms. The van der Waals surface area contributed by atoms with E-state index in [2.05, 4.69) is 21.7 Å². The van der Waals surface area contributed by atoms with E-state index in [-0.39, 0.29) is 30.0 Å². The molecule has 3 aromatic rings. The number of halogens is 1. The molecule has 11 nitrogen and oxygen atoms in total. The molecule has 232 valence electrons. The first-order valence-corrected chi connectivity index (χ1v) is 14.6. The van der Waals surface area contributed by atoms with Crippen LogP contribution in [-0.4, -0.2) is 75.0 Å². The zero-order valence-electron chi connectivity index (χ0n) is 24.3. The number of rotatable bonds is 7. The van der Waals surface area contributed by atoms with E-state index in [0.717, 1.165) is 42.6 Å². The van der Waals surface area contributed by atoms with E-state index in [1.807, 2.05) is 6.07 Å². The fourth-order valence-electron chi connectivity index (χ4n) is 5.41. The molecule has 1 saturated heterocycles. The molecule has 1 aliphatic carbocycles. The normalized spacial score (nSPS) is 14.5. The molecule has 1 aliphatic heterocycles. The number of carboxylic acid groups (broad SMARTS) is 1. The van der Waals surface area contributed by atoms with Gasteiger partial charge in [-0.25, -0.2) is 15.6 Å². The second kappa shape index (κ2) is 13.7. The molecule has 0 saturated carbocycles. The van der Waals surface area contributed by atoms with Gasteiger partial charge in [0.05, 0.1) is 17.8 Å². The summed E-state index contributed by atoms with van der Waals surface area (Å²) >= 11 is 6.26. The summed E-state index contributed by atoms with van der Waals surface area (Å²) in [5.74, 6) is 10.3. The molecule has 2 aromatic carbocycles. The molecule has 7 N–H and O–H groups in total. The van der Waals surface area contributed by atoms with Gasteiger partial charge in [-0.15, -0.1) is 0 Å². The lowest BCUT2D eigenvalue weighted by atomic mass is 9.88. The molecule has 1 fully saturated rings. The van der Waals surface area contributed by atoms with Crippen molar-refractivity contribution in [2.45, 2.75) is 19.3 Å². The van der Waals surface area contributed by atoms with Crippen molar-refractivity contribution >= 4 is 40.7 Å². The summed E-state index contributed by atoms with van der Waals surface area (Å²) in [6, 6.07) is 13.6. The second-order valence-corrected chi connectivity index (χ2v) is 11.0. The van der Waals surface area contributed by atoms with E-state index in [1.54, 1.807) is 48.7 Å². The van der Waals surface area contributed by atoms with Crippen LogP contribution in [0.2, 0.25) is 5.02 Å². The van der Waals surface area contributed by atoms with Crippen molar-refractivity contribution in [1.29, 1.82) is 0 Å². The number of carbonyl (C=O) groups is 2. The number of nitrogens with two attached hydrogens (primary N) is 2. The summed E-state index contributed by atoms with van der Waals surface area (Å²) in [5, 5.41) is 31.7. The zero-order valence-corrected chi connectivity index (χ0v) is 25.0. The number of hydrogen-bond donors (Lipinski definition) is 5. The Labute approximate surface area is 265 Å². The predicted octanol–water partition coefficient (Wildman–Crippen LogP) is 4.66. The predicted molar refractivity (Wildman–Crippen MR) is 170 cm³/mol. The van der Waals surface area contributed by atoms with Crippen molar-refractivity contribution in [3.05, 3.63) is 98.8 Å². The smallest absolute Gasteiger partial charge is 0.421 e. The van der Waals surface area contributed by atoms with Gasteiger partial charge in [0.2, 0.25) is 0 Å². The van der Waals surface area contributed by atoms with Crippen LogP contribution < -0.4 is 16.3 Å². The molecule has 0 bridgehead atoms. The Morgan fingerprint density at radius 2 is 1.80 bits per heavy atom. The summed E-state index contributed by atoms with van der Waals surface area (Å²) in [6.07, 6.45) is 2.14. The quantitative estimate of drug-likeness (QED) is 0.108. The minimum Gasteiger partial charge on any atom is -0.504 e. The zero-order chi connectivity index (χ0) is 32.1. The monoisotopic (exact) mass is 629 g/mol. The van der Waals surface area contributed by atoms with Crippen LogP contribution in [0.25, 0.3) is 17.1 Å². The number of hydrazine groups is 1. The summed E-state index contributed by atoms with van der Waals surface area (Å²) in [4.78, 5) is 29.8. The lowest BCUT2D eigenvalue weighted by molar-refractivity contribution is 0.0995. The standard InChI is InChI=1S/C33H32ClN5O6/c34-22-7-8-23-25(19-22)31(41)30(40)24-5-3-12-37-29(24)28(23)21-10-14-38(15-11-21)16-17-45-27-9-6-20(18-26(27)32(35)42)4-1-2-13-39(36)33(43)44/h3,5-9,12,18-19,40-41H,2,10-11,13-17,36H2,(H2,35,42)(H,43,44). The number of amides is 2. The Balaban J connectivity index is 1.25. The Bertz CT molecular complexity index is 1770. The summed E-state index contributed by atoms with van der Waals surface area (Å²) < 4.78 is 5.95. The van der Waals surface area contributed by atoms with Crippen molar-refractivity contribution in [2.24, 2.45) is 11.6 Å². The third-order valence-electron chi connectivity index (χ3n) is 7.71. The van der Waals surface area contributed by atoms with E-state index >= 15 is 0 Å². The fourth-order valence-corrected chi connectivity index (χ4v) is 5.58. The van der Waals surface area contributed by atoms with Gasteiger partial charge in [-0.05, 0) is 60.9 Å². The third kappa shape index (κ3) is 7.05. The first-order chi connectivity index (χ1) is 21.6. The maximum Gasteiger partial charge on any atom is 0.421 e. The molecule has 0 radical (unpaired) electrons. The highest BCUT2D eigenvalue weighted by Crippen LogP contribution is 2.42. The molecule has 1 aromatic heterocycles. The molecule has 0 atom stereocenters. The maximum atomic E-state index is 12.1. The van der Waals surface area contributed by atoms with Crippen LogP contribution >= 0.6 is 11.6 Å². The molecule has 0 unspecified atom stereocenters. The number of carbonyl (C=O) groups excluding carboxylic acids is 1. The number of aliphatic hydroxyl groups is 2. The van der Waals surface area contributed by atoms with E-state index in [0.29, 0.717) is 51.3 Å². The highest BCUT2D eigenvalue weighted by atomic mass is 35.5. The largest absolute Gasteiger partial charge is 0.504 e. The average Bonchev–Trinajstić information content (AvgIpc) is 3.12. The fraction of sp³-hybridized carbons (Fsp3) is 0.242. The SMILES string of the molecule is NC(=O)c1cc(C#CCCN(N)C(=O)O)ccc1OCCN1CCC(=C2c3ccc(Cl)cc3C(O)=C(O)c3cccnc32)CC1. The Kier molecular flexibility index (Phi) is 9.59. The number of hydrogen-bond acceptors (Lipinski definition) is 8. The van der Waals surface area contributed by atoms with Crippen LogP contribution in [0.4, 0.5) is 4.79 Å². The van der Waals surface area contributed by atoms with E-state index < -0.39 is 12.0 Å². The minimum absolute atomic E-state index is 0.0536. The summed E-state index contributed by atoms with van der Waals surface area (Å²) in [7, 11) is 0. The molecule has 2 heterocycles. The maximum absolute atomic E-state index is 12.1. The van der Waals surface area contributed by atoms with Crippen molar-refractivity contribution in [2.75, 3.05) is 32.8 Å². The highest BCUT2D eigenvalue weighted by Gasteiger charge is 2.29. The van der Waals surface area contributed by atoms with E-state index in [4.69, 9.17) is 33.0 Å². The number of primary amides is 1. The minimum atomic E-state index is -1.24. The summed E-state index contributed by atoms with van der Waals surface area (Å²) in [5.41, 5.74) is 10.7. The van der Waals surface area contributed by atoms with Crippen molar-refractivity contribution in [1.82, 2.24) is 14.9 Å².